The number of halogens is 1. The van der Waals surface area contributed by atoms with E-state index in [1.54, 1.807) is 6.08 Å². The number of fused-ring (bicyclic) bond motifs is 1. The molecule has 1 aliphatic heterocycles. The van der Waals surface area contributed by atoms with Crippen molar-refractivity contribution >= 4 is 16.8 Å². The van der Waals surface area contributed by atoms with Crippen LogP contribution in [0.15, 0.2) is 42.3 Å². The number of likely N-dealkylation sites (tertiary alicyclic amines) is 1. The van der Waals surface area contributed by atoms with Crippen LogP contribution < -0.4 is 0 Å². The van der Waals surface area contributed by atoms with Gasteiger partial charge in [0.15, 0.2) is 0 Å². The average Bonchev–Trinajstić information content (AvgIpc) is 2.89. The number of nitrogens with one attached hydrogen (secondary N) is 1. The molecule has 1 aromatic heterocycles. The van der Waals surface area contributed by atoms with Gasteiger partial charge >= 0.3 is 0 Å². The second kappa shape index (κ2) is 5.33. The maximum absolute atomic E-state index is 13.1. The van der Waals surface area contributed by atoms with Crippen LogP contribution in [0, 0.1) is 12.8 Å². The Labute approximate surface area is 133 Å². The van der Waals surface area contributed by atoms with Gasteiger partial charge in [0.2, 0.25) is 0 Å². The van der Waals surface area contributed by atoms with E-state index in [9.17, 15) is 9.18 Å². The van der Waals surface area contributed by atoms with E-state index in [4.69, 9.17) is 0 Å². The van der Waals surface area contributed by atoms with Crippen molar-refractivity contribution in [1.29, 1.82) is 0 Å². The van der Waals surface area contributed by atoms with Gasteiger partial charge in [0, 0.05) is 29.5 Å². The molecule has 1 saturated heterocycles. The van der Waals surface area contributed by atoms with Gasteiger partial charge in [-0.25, -0.2) is 4.39 Å². The lowest BCUT2D eigenvalue weighted by molar-refractivity contribution is 0.0362. The van der Waals surface area contributed by atoms with Crippen molar-refractivity contribution < 1.29 is 9.18 Å². The van der Waals surface area contributed by atoms with Gasteiger partial charge in [-0.15, -0.1) is 0 Å². The number of nitrogens with zero attached hydrogens (tertiary/aromatic N) is 2. The van der Waals surface area contributed by atoms with Gasteiger partial charge in [0.1, 0.15) is 5.83 Å². The highest BCUT2D eigenvalue weighted by Crippen LogP contribution is 2.32. The van der Waals surface area contributed by atoms with E-state index >= 15 is 0 Å². The minimum atomic E-state index is -0.181. The molecule has 1 aliphatic carbocycles. The Hall–Kier alpha value is -2.43. The zero-order valence-electron chi connectivity index (χ0n) is 12.9. The van der Waals surface area contributed by atoms with Gasteiger partial charge in [-0.1, -0.05) is 6.08 Å². The van der Waals surface area contributed by atoms with Gasteiger partial charge in [0.05, 0.1) is 11.2 Å². The van der Waals surface area contributed by atoms with E-state index in [1.807, 2.05) is 36.1 Å². The molecule has 2 aromatic rings. The van der Waals surface area contributed by atoms with Crippen molar-refractivity contribution in [3.8, 4) is 0 Å². The summed E-state index contributed by atoms with van der Waals surface area (Å²) in [5.41, 5.74) is 2.52. The topological polar surface area (TPSA) is 49.0 Å². The number of H-pyrrole nitrogens is 1. The fraction of sp³-hybridized carbons (Fsp3) is 0.333. The third kappa shape index (κ3) is 2.36. The number of carbonyl (C=O) groups excluding carboxylic acids is 1. The van der Waals surface area contributed by atoms with Crippen molar-refractivity contribution in [3.05, 3.63) is 53.5 Å². The molecule has 4 rings (SSSR count). The summed E-state index contributed by atoms with van der Waals surface area (Å²) < 4.78 is 13.1. The van der Waals surface area contributed by atoms with E-state index < -0.39 is 0 Å². The van der Waals surface area contributed by atoms with E-state index in [0.29, 0.717) is 12.0 Å². The molecule has 2 heterocycles. The van der Waals surface area contributed by atoms with Crippen LogP contribution in [0.1, 0.15) is 28.9 Å². The summed E-state index contributed by atoms with van der Waals surface area (Å²) in [5.74, 6) is 0.0816. The van der Waals surface area contributed by atoms with E-state index in [0.717, 1.165) is 29.6 Å². The van der Waals surface area contributed by atoms with E-state index in [-0.39, 0.29) is 23.7 Å². The molecule has 0 spiro atoms. The predicted octanol–water partition coefficient (Wildman–Crippen LogP) is 3.52. The SMILES string of the molecule is Cc1n[nH]c2ccc(C(=O)N3CC[C@@H]3C3C=CC(F)=CC3)cc12. The second-order valence-corrected chi connectivity index (χ2v) is 6.27. The summed E-state index contributed by atoms with van der Waals surface area (Å²) in [5, 5.41) is 8.10. The largest absolute Gasteiger partial charge is 0.335 e. The molecule has 118 valence electrons. The summed E-state index contributed by atoms with van der Waals surface area (Å²) in [6.07, 6.45) is 6.64. The Kier molecular flexibility index (Phi) is 3.29. The molecular weight excluding hydrogens is 293 g/mol. The van der Waals surface area contributed by atoms with Crippen molar-refractivity contribution in [2.45, 2.75) is 25.8 Å². The van der Waals surface area contributed by atoms with Crippen molar-refractivity contribution in [2.75, 3.05) is 6.54 Å². The van der Waals surface area contributed by atoms with Gasteiger partial charge < -0.3 is 4.90 Å². The third-order valence-electron chi connectivity index (χ3n) is 4.91. The maximum Gasteiger partial charge on any atom is 0.254 e. The number of hydrogen-bond donors (Lipinski definition) is 1. The summed E-state index contributed by atoms with van der Waals surface area (Å²) >= 11 is 0. The zero-order valence-corrected chi connectivity index (χ0v) is 12.9. The molecule has 1 unspecified atom stereocenters. The molecule has 0 bridgehead atoms. The second-order valence-electron chi connectivity index (χ2n) is 6.27. The first-order chi connectivity index (χ1) is 11.1. The number of benzene rings is 1. The Morgan fingerprint density at radius 1 is 1.43 bits per heavy atom. The lowest BCUT2D eigenvalue weighted by Gasteiger charge is -2.45. The molecular formula is C18H18FN3O. The van der Waals surface area contributed by atoms with E-state index in [2.05, 4.69) is 10.2 Å². The Morgan fingerprint density at radius 2 is 2.30 bits per heavy atom. The van der Waals surface area contributed by atoms with Gasteiger partial charge in [-0.3, -0.25) is 9.89 Å². The van der Waals surface area contributed by atoms with Crippen LogP contribution in [0.4, 0.5) is 4.39 Å². The number of aromatic amines is 1. The zero-order chi connectivity index (χ0) is 16.0. The van der Waals surface area contributed by atoms with Gasteiger partial charge in [-0.05, 0) is 50.1 Å². The summed E-state index contributed by atoms with van der Waals surface area (Å²) in [6, 6.07) is 5.82. The predicted molar refractivity (Wildman–Crippen MR) is 86.7 cm³/mol. The third-order valence-corrected chi connectivity index (χ3v) is 4.91. The van der Waals surface area contributed by atoms with Crippen molar-refractivity contribution in [1.82, 2.24) is 15.1 Å². The molecule has 2 atom stereocenters. The first-order valence-corrected chi connectivity index (χ1v) is 7.93. The molecule has 4 nitrogen and oxygen atoms in total. The van der Waals surface area contributed by atoms with Gasteiger partial charge in [-0.2, -0.15) is 5.10 Å². The van der Waals surface area contributed by atoms with Crippen molar-refractivity contribution in [2.24, 2.45) is 5.92 Å². The van der Waals surface area contributed by atoms with Crippen LogP contribution in [0.2, 0.25) is 0 Å². The standard InChI is InChI=1S/C18H18FN3O/c1-11-15-10-13(4-7-16(15)21-20-11)18(23)22-9-8-17(22)12-2-5-14(19)6-3-12/h2,4-7,10,12,17H,3,8-9H2,1H3,(H,20,21)/t12?,17-/m1/s1. The van der Waals surface area contributed by atoms with E-state index in [1.165, 1.54) is 6.08 Å². The fourth-order valence-electron chi connectivity index (χ4n) is 3.45. The maximum atomic E-state index is 13.1. The highest BCUT2D eigenvalue weighted by atomic mass is 19.1. The molecule has 0 radical (unpaired) electrons. The molecule has 5 heteroatoms. The molecule has 1 N–H and O–H groups in total. The number of carbonyl (C=O) groups is 1. The van der Waals surface area contributed by atoms with Crippen LogP contribution >= 0.6 is 0 Å². The number of aromatic nitrogens is 2. The quantitative estimate of drug-likeness (QED) is 0.922. The van der Waals surface area contributed by atoms with Gasteiger partial charge in [0.25, 0.3) is 5.91 Å². The first-order valence-electron chi connectivity index (χ1n) is 7.93. The number of rotatable bonds is 2. The van der Waals surface area contributed by atoms with Crippen LogP contribution in [0.3, 0.4) is 0 Å². The van der Waals surface area contributed by atoms with Crippen molar-refractivity contribution in [3.63, 3.8) is 0 Å². The smallest absolute Gasteiger partial charge is 0.254 e. The normalized spacial score (nSPS) is 23.7. The van der Waals surface area contributed by atoms with Crippen LogP contribution in [0.5, 0.6) is 0 Å². The number of hydrogen-bond acceptors (Lipinski definition) is 2. The first kappa shape index (κ1) is 14.2. The summed E-state index contributed by atoms with van der Waals surface area (Å²) in [4.78, 5) is 14.7. The van der Waals surface area contributed by atoms with Crippen LogP contribution in [-0.4, -0.2) is 33.6 Å². The highest BCUT2D eigenvalue weighted by Gasteiger charge is 2.37. The Morgan fingerprint density at radius 3 is 3.00 bits per heavy atom. The monoisotopic (exact) mass is 311 g/mol. The molecule has 2 aliphatic rings. The van der Waals surface area contributed by atoms with Crippen LogP contribution in [-0.2, 0) is 0 Å². The minimum Gasteiger partial charge on any atom is -0.335 e. The Balaban J connectivity index is 1.56. The van der Waals surface area contributed by atoms with Crippen LogP contribution in [0.25, 0.3) is 10.9 Å². The average molecular weight is 311 g/mol. The lowest BCUT2D eigenvalue weighted by atomic mass is 9.84. The molecule has 1 aromatic carbocycles. The molecule has 1 amide bonds. The molecule has 0 saturated carbocycles. The summed E-state index contributed by atoms with van der Waals surface area (Å²) in [6.45, 7) is 2.69. The number of aryl methyl sites for hydroxylation is 1. The highest BCUT2D eigenvalue weighted by molar-refractivity contribution is 5.99. The number of allylic oxidation sites excluding steroid dienone is 3. The fourth-order valence-corrected chi connectivity index (χ4v) is 3.45. The molecule has 1 fully saturated rings. The lowest BCUT2D eigenvalue weighted by Crippen LogP contribution is -2.54. The molecule has 23 heavy (non-hydrogen) atoms. The summed E-state index contributed by atoms with van der Waals surface area (Å²) in [7, 11) is 0. The number of amides is 1. The minimum absolute atomic E-state index is 0.0483. The Bertz CT molecular complexity index is 836.